The fourth-order valence-electron chi connectivity index (χ4n) is 3.19. The van der Waals surface area contributed by atoms with E-state index < -0.39 is 10.0 Å². The van der Waals surface area contributed by atoms with Crippen molar-refractivity contribution in [2.75, 3.05) is 32.7 Å². The Hall–Kier alpha value is -0.950. The quantitative estimate of drug-likeness (QED) is 0.847. The number of β-amino-alcohol motifs (C(OH)–C–C–N with tert-alkyl or cyclic N) is 1. The Morgan fingerprint density at radius 2 is 1.91 bits per heavy atom. The fraction of sp³-hybridized carbons (Fsp3) is 0.647. The van der Waals surface area contributed by atoms with E-state index in [9.17, 15) is 13.5 Å². The molecule has 0 aromatic heterocycles. The molecule has 0 spiro atoms. The van der Waals surface area contributed by atoms with E-state index in [1.54, 1.807) is 4.31 Å². The average Bonchev–Trinajstić information content (AvgIpc) is 3.32. The summed E-state index contributed by atoms with van der Waals surface area (Å²) in [6.45, 7) is 5.10. The lowest BCUT2D eigenvalue weighted by atomic mass is 10.2. The highest BCUT2D eigenvalue weighted by Gasteiger charge is 2.33. The number of hydrogen-bond donors (Lipinski definition) is 1. The summed E-state index contributed by atoms with van der Waals surface area (Å²) in [4.78, 5) is 2.18. The summed E-state index contributed by atoms with van der Waals surface area (Å²) in [6, 6.07) is 7.67. The van der Waals surface area contributed by atoms with Gasteiger partial charge in [-0.3, -0.25) is 4.90 Å². The largest absolute Gasteiger partial charge is 0.392 e. The molecule has 0 bridgehead atoms. The van der Waals surface area contributed by atoms with E-state index in [2.05, 4.69) is 4.90 Å². The number of hydrogen-bond acceptors (Lipinski definition) is 4. The second kappa shape index (κ2) is 6.89. The van der Waals surface area contributed by atoms with E-state index in [-0.39, 0.29) is 11.9 Å². The van der Waals surface area contributed by atoms with E-state index in [1.165, 1.54) is 0 Å². The van der Waals surface area contributed by atoms with Crippen molar-refractivity contribution in [3.8, 4) is 0 Å². The zero-order chi connectivity index (χ0) is 16.4. The van der Waals surface area contributed by atoms with Gasteiger partial charge in [-0.2, -0.15) is 4.31 Å². The van der Waals surface area contributed by atoms with Gasteiger partial charge in [0.05, 0.1) is 11.9 Å². The van der Waals surface area contributed by atoms with Gasteiger partial charge in [0, 0.05) is 32.7 Å². The summed E-state index contributed by atoms with van der Waals surface area (Å²) in [6.07, 6.45) is 2.02. The van der Waals surface area contributed by atoms with Gasteiger partial charge >= 0.3 is 0 Å². The van der Waals surface area contributed by atoms with Gasteiger partial charge in [0.1, 0.15) is 0 Å². The van der Waals surface area contributed by atoms with Crippen molar-refractivity contribution in [2.45, 2.75) is 31.6 Å². The standard InChI is InChI=1S/C17H26N2O3S/c1-14-3-2-4-15(11-14)13-23(21,22)19-9-7-18(8-10-19)12-17(20)16-5-6-16/h2-4,11,16-17,20H,5-10,12-13H2,1H3. The van der Waals surface area contributed by atoms with Crippen LogP contribution < -0.4 is 0 Å². The predicted molar refractivity (Wildman–Crippen MR) is 90.5 cm³/mol. The highest BCUT2D eigenvalue weighted by Crippen LogP contribution is 2.33. The molecule has 2 fully saturated rings. The van der Waals surface area contributed by atoms with Crippen molar-refractivity contribution in [1.29, 1.82) is 0 Å². The highest BCUT2D eigenvalue weighted by molar-refractivity contribution is 7.88. The Labute approximate surface area is 139 Å². The average molecular weight is 338 g/mol. The van der Waals surface area contributed by atoms with Gasteiger partial charge in [-0.15, -0.1) is 0 Å². The first-order chi connectivity index (χ1) is 10.9. The number of rotatable bonds is 6. The third kappa shape index (κ3) is 4.53. The summed E-state index contributed by atoms with van der Waals surface area (Å²) in [5.74, 6) is 0.539. The summed E-state index contributed by atoms with van der Waals surface area (Å²) in [7, 11) is -3.26. The number of piperazine rings is 1. The normalized spacial score (nSPS) is 22.2. The van der Waals surface area contributed by atoms with Crippen LogP contribution in [-0.2, 0) is 15.8 Å². The Balaban J connectivity index is 1.53. The molecule has 6 heteroatoms. The maximum absolute atomic E-state index is 12.6. The Kier molecular flexibility index (Phi) is 5.06. The second-order valence-corrected chi connectivity index (χ2v) is 8.82. The number of aliphatic hydroxyl groups excluding tert-OH is 1. The van der Waals surface area contributed by atoms with Crippen LogP contribution in [-0.4, -0.2) is 61.6 Å². The minimum Gasteiger partial charge on any atom is -0.392 e. The van der Waals surface area contributed by atoms with E-state index in [0.29, 0.717) is 38.6 Å². The lowest BCUT2D eigenvalue weighted by Crippen LogP contribution is -2.50. The maximum Gasteiger partial charge on any atom is 0.218 e. The lowest BCUT2D eigenvalue weighted by Gasteiger charge is -2.35. The predicted octanol–water partition coefficient (Wildman–Crippen LogP) is 1.21. The number of sulfonamides is 1. The first-order valence-electron chi connectivity index (χ1n) is 8.38. The zero-order valence-electron chi connectivity index (χ0n) is 13.7. The maximum atomic E-state index is 12.6. The molecular weight excluding hydrogens is 312 g/mol. The minimum absolute atomic E-state index is 0.0688. The molecule has 2 aliphatic rings. The molecule has 1 heterocycles. The number of aryl methyl sites for hydroxylation is 1. The molecule has 1 atom stereocenters. The smallest absolute Gasteiger partial charge is 0.218 e. The molecule has 128 valence electrons. The van der Waals surface area contributed by atoms with Crippen LogP contribution in [0.3, 0.4) is 0 Å². The molecular formula is C17H26N2O3S. The Morgan fingerprint density at radius 3 is 2.52 bits per heavy atom. The van der Waals surface area contributed by atoms with E-state index in [1.807, 2.05) is 31.2 Å². The fourth-order valence-corrected chi connectivity index (χ4v) is 4.69. The van der Waals surface area contributed by atoms with Gasteiger partial charge in [0.25, 0.3) is 0 Å². The summed E-state index contributed by atoms with van der Waals surface area (Å²) < 4.78 is 26.7. The molecule has 1 N–H and O–H groups in total. The molecule has 23 heavy (non-hydrogen) atoms. The third-order valence-corrected chi connectivity index (χ3v) is 6.62. The topological polar surface area (TPSA) is 60.9 Å². The number of nitrogens with zero attached hydrogens (tertiary/aromatic N) is 2. The van der Waals surface area contributed by atoms with E-state index in [4.69, 9.17) is 0 Å². The SMILES string of the molecule is Cc1cccc(CS(=O)(=O)N2CCN(CC(O)C3CC3)CC2)c1. The van der Waals surface area contributed by atoms with Crippen molar-refractivity contribution in [3.63, 3.8) is 0 Å². The molecule has 1 aliphatic carbocycles. The van der Waals surface area contributed by atoms with Crippen LogP contribution >= 0.6 is 0 Å². The molecule has 0 radical (unpaired) electrons. The molecule has 5 nitrogen and oxygen atoms in total. The van der Waals surface area contributed by atoms with Gasteiger partial charge in [-0.05, 0) is 31.2 Å². The van der Waals surface area contributed by atoms with Gasteiger partial charge in [0.15, 0.2) is 0 Å². The van der Waals surface area contributed by atoms with Crippen LogP contribution in [0.25, 0.3) is 0 Å². The molecule has 0 amide bonds. The molecule has 1 aromatic rings. The molecule has 3 rings (SSSR count). The summed E-state index contributed by atoms with van der Waals surface area (Å²) >= 11 is 0. The van der Waals surface area contributed by atoms with Crippen LogP contribution in [0.5, 0.6) is 0 Å². The number of aliphatic hydroxyl groups is 1. The van der Waals surface area contributed by atoms with Crippen molar-refractivity contribution < 1.29 is 13.5 Å². The van der Waals surface area contributed by atoms with E-state index >= 15 is 0 Å². The van der Waals surface area contributed by atoms with Crippen LogP contribution in [0.2, 0.25) is 0 Å². The summed E-state index contributed by atoms with van der Waals surface area (Å²) in [5, 5.41) is 10.0. The van der Waals surface area contributed by atoms with Crippen molar-refractivity contribution >= 4 is 10.0 Å². The van der Waals surface area contributed by atoms with Crippen molar-refractivity contribution in [3.05, 3.63) is 35.4 Å². The first kappa shape index (κ1) is 16.9. The minimum atomic E-state index is -3.26. The van der Waals surface area contributed by atoms with Crippen LogP contribution in [0.4, 0.5) is 0 Å². The van der Waals surface area contributed by atoms with Gasteiger partial charge in [-0.1, -0.05) is 29.8 Å². The van der Waals surface area contributed by atoms with Crippen LogP contribution in [0.1, 0.15) is 24.0 Å². The third-order valence-electron chi connectivity index (χ3n) is 4.77. The zero-order valence-corrected chi connectivity index (χ0v) is 14.5. The van der Waals surface area contributed by atoms with Crippen LogP contribution in [0, 0.1) is 12.8 Å². The van der Waals surface area contributed by atoms with Gasteiger partial charge < -0.3 is 5.11 Å². The molecule has 1 aromatic carbocycles. The van der Waals surface area contributed by atoms with Crippen molar-refractivity contribution in [1.82, 2.24) is 9.21 Å². The Morgan fingerprint density at radius 1 is 1.22 bits per heavy atom. The molecule has 1 unspecified atom stereocenters. The van der Waals surface area contributed by atoms with Crippen molar-refractivity contribution in [2.24, 2.45) is 5.92 Å². The Bertz CT molecular complexity index is 635. The summed E-state index contributed by atoms with van der Waals surface area (Å²) in [5.41, 5.74) is 1.92. The lowest BCUT2D eigenvalue weighted by molar-refractivity contribution is 0.0781. The monoisotopic (exact) mass is 338 g/mol. The number of benzene rings is 1. The first-order valence-corrected chi connectivity index (χ1v) is 9.99. The second-order valence-electron chi connectivity index (χ2n) is 6.85. The molecule has 1 saturated heterocycles. The highest BCUT2D eigenvalue weighted by atomic mass is 32.2. The molecule has 1 saturated carbocycles. The van der Waals surface area contributed by atoms with Crippen LogP contribution in [0.15, 0.2) is 24.3 Å². The van der Waals surface area contributed by atoms with Gasteiger partial charge in [0.2, 0.25) is 10.0 Å². The van der Waals surface area contributed by atoms with Gasteiger partial charge in [-0.25, -0.2) is 8.42 Å². The van der Waals surface area contributed by atoms with E-state index in [0.717, 1.165) is 24.0 Å². The molecule has 1 aliphatic heterocycles.